The maximum atomic E-state index is 14.7. The summed E-state index contributed by atoms with van der Waals surface area (Å²) in [6, 6.07) is 9.71. The Labute approximate surface area is 189 Å². The average Bonchev–Trinajstić information content (AvgIpc) is 3.29. The molecule has 2 aromatic carbocycles. The van der Waals surface area contributed by atoms with Crippen LogP contribution in [0.1, 0.15) is 46.2 Å². The number of tetrazole rings is 1. The van der Waals surface area contributed by atoms with E-state index in [9.17, 15) is 14.3 Å². The molecule has 0 aliphatic rings. The number of aryl methyl sites for hydroxylation is 2. The Morgan fingerprint density at radius 3 is 2.67 bits per heavy atom. The average molecular weight is 447 g/mol. The van der Waals surface area contributed by atoms with Crippen LogP contribution in [0.5, 0.6) is 0 Å². The van der Waals surface area contributed by atoms with Crippen LogP contribution in [0.15, 0.2) is 48.8 Å². The highest BCUT2D eigenvalue weighted by Gasteiger charge is 2.18. The lowest BCUT2D eigenvalue weighted by molar-refractivity contribution is 0.0950. The number of nitrogens with one attached hydrogen (secondary N) is 1. The van der Waals surface area contributed by atoms with Crippen LogP contribution in [0.25, 0.3) is 16.8 Å². The van der Waals surface area contributed by atoms with E-state index >= 15 is 0 Å². The summed E-state index contributed by atoms with van der Waals surface area (Å²) in [5, 5.41) is 24.2. The van der Waals surface area contributed by atoms with Crippen molar-refractivity contribution in [1.82, 2.24) is 35.5 Å². The monoisotopic (exact) mass is 447 g/mol. The molecule has 2 heterocycles. The lowest BCUT2D eigenvalue weighted by Gasteiger charge is -2.13. The fraction of sp³-hybridized carbons (Fsp3) is 0.217. The molecule has 0 aliphatic carbocycles. The van der Waals surface area contributed by atoms with Gasteiger partial charge in [-0.05, 0) is 66.6 Å². The molecule has 168 valence electrons. The summed E-state index contributed by atoms with van der Waals surface area (Å²) < 4.78 is 16.1. The van der Waals surface area contributed by atoms with Gasteiger partial charge in [-0.2, -0.15) is 4.68 Å². The lowest BCUT2D eigenvalue weighted by atomic mass is 10.00. The molecule has 0 saturated carbocycles. The SMILES string of the molecule is Cc1ccc(-c2cc(C(=O)NCc3cnc(C)cn3)cc(-n3nnnc3C(C)O)c2)c(F)c1. The third-order valence-electron chi connectivity index (χ3n) is 4.99. The highest BCUT2D eigenvalue weighted by Crippen LogP contribution is 2.28. The first-order valence-corrected chi connectivity index (χ1v) is 10.3. The van der Waals surface area contributed by atoms with Crippen LogP contribution in [0, 0.1) is 19.7 Å². The smallest absolute Gasteiger partial charge is 0.251 e. The van der Waals surface area contributed by atoms with Crippen molar-refractivity contribution < 1.29 is 14.3 Å². The molecule has 0 aliphatic heterocycles. The topological polar surface area (TPSA) is 119 Å². The second kappa shape index (κ2) is 9.21. The van der Waals surface area contributed by atoms with Gasteiger partial charge >= 0.3 is 0 Å². The molecule has 1 amide bonds. The standard InChI is InChI=1S/C23H22FN7O2/c1-13-4-5-20(21(24)6-13)16-7-17(23(33)27-12-18-11-25-14(2)10-26-18)9-19(8-16)31-22(15(3)32)28-29-30-31/h4-11,15,32H,12H2,1-3H3,(H,27,33). The Hall–Kier alpha value is -4.05. The van der Waals surface area contributed by atoms with E-state index in [0.29, 0.717) is 22.5 Å². The molecule has 0 bridgehead atoms. The number of halogens is 1. The Morgan fingerprint density at radius 1 is 1.15 bits per heavy atom. The van der Waals surface area contributed by atoms with Gasteiger partial charge in [0.1, 0.15) is 11.9 Å². The van der Waals surface area contributed by atoms with Crippen molar-refractivity contribution >= 4 is 5.91 Å². The quantitative estimate of drug-likeness (QED) is 0.466. The summed E-state index contributed by atoms with van der Waals surface area (Å²) >= 11 is 0. The number of hydrogen-bond donors (Lipinski definition) is 2. The lowest BCUT2D eigenvalue weighted by Crippen LogP contribution is -2.24. The summed E-state index contributed by atoms with van der Waals surface area (Å²) in [6.07, 6.45) is 2.27. The zero-order valence-corrected chi connectivity index (χ0v) is 18.3. The zero-order chi connectivity index (χ0) is 23.5. The first-order valence-electron chi connectivity index (χ1n) is 10.3. The minimum Gasteiger partial charge on any atom is -0.385 e. The molecule has 2 aromatic heterocycles. The normalized spacial score (nSPS) is 11.9. The fourth-order valence-corrected chi connectivity index (χ4v) is 3.30. The third kappa shape index (κ3) is 4.90. The molecule has 10 heteroatoms. The zero-order valence-electron chi connectivity index (χ0n) is 18.3. The molecule has 0 saturated heterocycles. The van der Waals surface area contributed by atoms with E-state index in [4.69, 9.17) is 0 Å². The van der Waals surface area contributed by atoms with Crippen molar-refractivity contribution in [3.63, 3.8) is 0 Å². The highest BCUT2D eigenvalue weighted by atomic mass is 19.1. The van der Waals surface area contributed by atoms with Crippen LogP contribution in [-0.4, -0.2) is 41.2 Å². The van der Waals surface area contributed by atoms with Crippen LogP contribution in [-0.2, 0) is 6.54 Å². The van der Waals surface area contributed by atoms with E-state index < -0.39 is 11.9 Å². The summed E-state index contributed by atoms with van der Waals surface area (Å²) in [5.74, 6) is -0.613. The van der Waals surface area contributed by atoms with Gasteiger partial charge in [0, 0.05) is 17.3 Å². The molecule has 0 radical (unpaired) electrons. The van der Waals surface area contributed by atoms with Crippen molar-refractivity contribution in [2.75, 3.05) is 0 Å². The number of rotatable bonds is 6. The third-order valence-corrected chi connectivity index (χ3v) is 4.99. The van der Waals surface area contributed by atoms with Gasteiger partial charge in [-0.25, -0.2) is 4.39 Å². The minimum absolute atomic E-state index is 0.175. The van der Waals surface area contributed by atoms with Gasteiger partial charge < -0.3 is 10.4 Å². The summed E-state index contributed by atoms with van der Waals surface area (Å²) in [4.78, 5) is 21.4. The molecular formula is C23H22FN7O2. The van der Waals surface area contributed by atoms with Crippen molar-refractivity contribution in [2.24, 2.45) is 0 Å². The maximum Gasteiger partial charge on any atom is 0.251 e. The number of aromatic nitrogens is 6. The maximum absolute atomic E-state index is 14.7. The molecule has 0 spiro atoms. The van der Waals surface area contributed by atoms with Crippen molar-refractivity contribution in [3.8, 4) is 16.8 Å². The number of carbonyl (C=O) groups is 1. The molecule has 1 unspecified atom stereocenters. The van der Waals surface area contributed by atoms with Gasteiger partial charge in [0.25, 0.3) is 5.91 Å². The van der Waals surface area contributed by atoms with Gasteiger partial charge in [-0.15, -0.1) is 5.10 Å². The van der Waals surface area contributed by atoms with Crippen LogP contribution < -0.4 is 5.32 Å². The number of carbonyl (C=O) groups excluding carboxylic acids is 1. The number of nitrogens with zero attached hydrogens (tertiary/aromatic N) is 6. The van der Waals surface area contributed by atoms with Crippen molar-refractivity contribution in [2.45, 2.75) is 33.4 Å². The summed E-state index contributed by atoms with van der Waals surface area (Å²) in [5.41, 5.74) is 3.64. The van der Waals surface area contributed by atoms with E-state index in [0.717, 1.165) is 11.3 Å². The molecule has 0 fully saturated rings. The fourth-order valence-electron chi connectivity index (χ4n) is 3.30. The molecule has 4 aromatic rings. The molecule has 2 N–H and O–H groups in total. The Morgan fingerprint density at radius 2 is 1.97 bits per heavy atom. The first kappa shape index (κ1) is 22.2. The van der Waals surface area contributed by atoms with Gasteiger partial charge in [-0.1, -0.05) is 12.1 Å². The Balaban J connectivity index is 1.74. The Bertz CT molecular complexity index is 1300. The molecular weight excluding hydrogens is 425 g/mol. The largest absolute Gasteiger partial charge is 0.385 e. The molecule has 1 atom stereocenters. The van der Waals surface area contributed by atoms with Crippen LogP contribution in [0.4, 0.5) is 4.39 Å². The predicted octanol–water partition coefficient (Wildman–Crippen LogP) is 2.86. The van der Waals surface area contributed by atoms with Gasteiger partial charge in [0.15, 0.2) is 5.82 Å². The number of amides is 1. The van der Waals surface area contributed by atoms with Gasteiger partial charge in [0.05, 0.1) is 29.8 Å². The van der Waals surface area contributed by atoms with Crippen molar-refractivity contribution in [1.29, 1.82) is 0 Å². The van der Waals surface area contributed by atoms with Crippen LogP contribution in [0.3, 0.4) is 0 Å². The van der Waals surface area contributed by atoms with E-state index in [1.54, 1.807) is 49.6 Å². The molecule has 9 nitrogen and oxygen atoms in total. The van der Waals surface area contributed by atoms with E-state index in [2.05, 4.69) is 30.8 Å². The predicted molar refractivity (Wildman–Crippen MR) is 118 cm³/mol. The first-order chi connectivity index (χ1) is 15.8. The summed E-state index contributed by atoms with van der Waals surface area (Å²) in [7, 11) is 0. The number of aliphatic hydroxyl groups excluding tert-OH is 1. The molecule has 4 rings (SSSR count). The Kier molecular flexibility index (Phi) is 6.18. The van der Waals surface area contributed by atoms with E-state index in [-0.39, 0.29) is 23.8 Å². The van der Waals surface area contributed by atoms with Gasteiger partial charge in [0.2, 0.25) is 0 Å². The number of hydrogen-bond acceptors (Lipinski definition) is 7. The van der Waals surface area contributed by atoms with E-state index in [1.807, 2.05) is 6.92 Å². The minimum atomic E-state index is -0.947. The molecule has 33 heavy (non-hydrogen) atoms. The number of aliphatic hydroxyl groups is 1. The second-order valence-electron chi connectivity index (χ2n) is 7.71. The van der Waals surface area contributed by atoms with E-state index in [1.165, 1.54) is 17.7 Å². The van der Waals surface area contributed by atoms with Crippen molar-refractivity contribution in [3.05, 3.63) is 82.9 Å². The van der Waals surface area contributed by atoms with Gasteiger partial charge in [-0.3, -0.25) is 14.8 Å². The number of benzene rings is 2. The summed E-state index contributed by atoms with van der Waals surface area (Å²) in [6.45, 7) is 5.33. The highest BCUT2D eigenvalue weighted by molar-refractivity contribution is 5.96. The van der Waals surface area contributed by atoms with Crippen LogP contribution in [0.2, 0.25) is 0 Å². The second-order valence-corrected chi connectivity index (χ2v) is 7.71. The van der Waals surface area contributed by atoms with Crippen LogP contribution >= 0.6 is 0 Å².